The lowest BCUT2D eigenvalue weighted by Crippen LogP contribution is -2.73. The first kappa shape index (κ1) is 23.8. The molecule has 0 unspecified atom stereocenters. The van der Waals surface area contributed by atoms with E-state index < -0.39 is 45.3 Å². The minimum Gasteiger partial charge on any atom is -0.455 e. The normalized spacial score (nSPS) is 58.6. The molecule has 198 valence electrons. The fourth-order valence-electron chi connectivity index (χ4n) is 9.95. The van der Waals surface area contributed by atoms with E-state index in [-0.39, 0.29) is 42.4 Å². The van der Waals surface area contributed by atoms with Crippen molar-refractivity contribution in [3.8, 4) is 0 Å². The standard InChI is InChI=1S/C28H38O8/c1-13-10-18(35-22(30)14(13)2)25(5,31)28(33)9-8-26(32)16-11-19-27(36-19)12-17-20(34-17)21(29)24(27,4)15(16)6-7-23(26,28)3/h15-20,31-33H,6-12H2,1-5H3/t15-,16+,17+,18+,19+,20+,23-,24-,25+,26+,27+,28-/m0/s1. The average molecular weight is 503 g/mol. The predicted octanol–water partition coefficient (Wildman–Crippen LogP) is 1.97. The second-order valence-electron chi connectivity index (χ2n) is 13.6. The second kappa shape index (κ2) is 6.45. The number of ether oxygens (including phenoxy) is 3. The fraction of sp³-hybridized carbons (Fsp3) is 0.857. The van der Waals surface area contributed by atoms with Crippen molar-refractivity contribution in [1.82, 2.24) is 0 Å². The summed E-state index contributed by atoms with van der Waals surface area (Å²) in [6, 6.07) is 0. The lowest BCUT2D eigenvalue weighted by atomic mass is 9.42. The van der Waals surface area contributed by atoms with Crippen LogP contribution in [0.2, 0.25) is 0 Å². The lowest BCUT2D eigenvalue weighted by molar-refractivity contribution is -0.282. The highest BCUT2D eigenvalue weighted by Gasteiger charge is 2.85. The molecule has 4 saturated carbocycles. The van der Waals surface area contributed by atoms with Gasteiger partial charge in [0, 0.05) is 23.8 Å². The van der Waals surface area contributed by atoms with E-state index in [1.807, 2.05) is 20.8 Å². The van der Waals surface area contributed by atoms with Gasteiger partial charge in [0.1, 0.15) is 29.0 Å². The largest absolute Gasteiger partial charge is 0.455 e. The summed E-state index contributed by atoms with van der Waals surface area (Å²) in [6.45, 7) is 9.00. The maximum absolute atomic E-state index is 13.6. The molecule has 7 rings (SSSR count). The van der Waals surface area contributed by atoms with Crippen molar-refractivity contribution in [3.05, 3.63) is 11.1 Å². The quantitative estimate of drug-likeness (QED) is 0.386. The lowest BCUT2D eigenvalue weighted by Gasteiger charge is -2.63. The van der Waals surface area contributed by atoms with Crippen LogP contribution in [0.3, 0.4) is 0 Å². The molecule has 3 aliphatic heterocycles. The van der Waals surface area contributed by atoms with Gasteiger partial charge in [-0.15, -0.1) is 0 Å². The summed E-state index contributed by atoms with van der Waals surface area (Å²) in [4.78, 5) is 26.1. The summed E-state index contributed by atoms with van der Waals surface area (Å²) in [5, 5.41) is 36.8. The molecule has 0 radical (unpaired) electrons. The molecule has 36 heavy (non-hydrogen) atoms. The minimum atomic E-state index is -1.77. The third-order valence-corrected chi connectivity index (χ3v) is 12.7. The predicted molar refractivity (Wildman–Crippen MR) is 126 cm³/mol. The van der Waals surface area contributed by atoms with Gasteiger partial charge in [0.25, 0.3) is 0 Å². The van der Waals surface area contributed by atoms with Gasteiger partial charge in [0.05, 0.1) is 23.2 Å². The molecule has 3 heterocycles. The molecule has 7 aliphatic rings. The summed E-state index contributed by atoms with van der Waals surface area (Å²) in [7, 11) is 0. The number of epoxide rings is 2. The monoisotopic (exact) mass is 502 g/mol. The Hall–Kier alpha value is -1.32. The van der Waals surface area contributed by atoms with Crippen LogP contribution < -0.4 is 0 Å². The third kappa shape index (κ3) is 2.29. The Balaban J connectivity index is 1.26. The number of Topliss-reactive ketones (excluding diaryl/α,β-unsaturated/α-hetero) is 1. The van der Waals surface area contributed by atoms with Gasteiger partial charge < -0.3 is 29.5 Å². The number of ketones is 1. The summed E-state index contributed by atoms with van der Waals surface area (Å²) in [5.74, 6) is -0.702. The number of esters is 1. The zero-order valence-electron chi connectivity index (χ0n) is 21.8. The van der Waals surface area contributed by atoms with Gasteiger partial charge in [-0.05, 0) is 71.6 Å². The van der Waals surface area contributed by atoms with Crippen LogP contribution in [0.5, 0.6) is 0 Å². The van der Waals surface area contributed by atoms with E-state index in [1.165, 1.54) is 0 Å². The smallest absolute Gasteiger partial charge is 0.334 e. The number of rotatable bonds is 2. The van der Waals surface area contributed by atoms with Gasteiger partial charge >= 0.3 is 5.97 Å². The molecule has 12 atom stereocenters. The first-order chi connectivity index (χ1) is 16.7. The summed E-state index contributed by atoms with van der Waals surface area (Å²) in [6.07, 6.45) is 1.88. The molecular weight excluding hydrogens is 464 g/mol. The molecule has 8 heteroatoms. The van der Waals surface area contributed by atoms with Crippen molar-refractivity contribution in [3.63, 3.8) is 0 Å². The Morgan fingerprint density at radius 3 is 2.47 bits per heavy atom. The van der Waals surface area contributed by atoms with Crippen molar-refractivity contribution in [2.45, 2.75) is 126 Å². The number of hydrogen-bond donors (Lipinski definition) is 3. The second-order valence-corrected chi connectivity index (χ2v) is 13.6. The molecular formula is C28H38O8. The van der Waals surface area contributed by atoms with E-state index in [2.05, 4.69) is 0 Å². The molecule has 8 nitrogen and oxygen atoms in total. The molecule has 0 aromatic carbocycles. The van der Waals surface area contributed by atoms with E-state index in [4.69, 9.17) is 14.2 Å². The van der Waals surface area contributed by atoms with Crippen LogP contribution in [0.1, 0.15) is 79.6 Å². The fourth-order valence-corrected chi connectivity index (χ4v) is 9.95. The summed E-state index contributed by atoms with van der Waals surface area (Å²) >= 11 is 0. The highest BCUT2D eigenvalue weighted by molar-refractivity contribution is 5.95. The van der Waals surface area contributed by atoms with Crippen LogP contribution in [0, 0.1) is 22.7 Å². The zero-order chi connectivity index (χ0) is 25.8. The van der Waals surface area contributed by atoms with Gasteiger partial charge in [-0.3, -0.25) is 4.79 Å². The van der Waals surface area contributed by atoms with Crippen LogP contribution >= 0.6 is 0 Å². The van der Waals surface area contributed by atoms with E-state index in [1.54, 1.807) is 13.8 Å². The number of carbonyl (C=O) groups is 2. The van der Waals surface area contributed by atoms with Crippen LogP contribution in [0.15, 0.2) is 11.1 Å². The molecule has 6 fully saturated rings. The maximum Gasteiger partial charge on any atom is 0.334 e. The van der Waals surface area contributed by atoms with E-state index >= 15 is 0 Å². The van der Waals surface area contributed by atoms with Crippen LogP contribution in [0.25, 0.3) is 0 Å². The Morgan fingerprint density at radius 2 is 1.78 bits per heavy atom. The van der Waals surface area contributed by atoms with Crippen molar-refractivity contribution in [1.29, 1.82) is 0 Å². The molecule has 4 aliphatic carbocycles. The van der Waals surface area contributed by atoms with E-state index in [0.717, 1.165) is 12.0 Å². The van der Waals surface area contributed by atoms with Crippen LogP contribution in [-0.4, -0.2) is 73.9 Å². The van der Waals surface area contributed by atoms with Crippen LogP contribution in [0.4, 0.5) is 0 Å². The van der Waals surface area contributed by atoms with Gasteiger partial charge in [-0.1, -0.05) is 12.5 Å². The van der Waals surface area contributed by atoms with E-state index in [0.29, 0.717) is 37.7 Å². The van der Waals surface area contributed by atoms with Crippen molar-refractivity contribution < 1.29 is 39.1 Å². The first-order valence-electron chi connectivity index (χ1n) is 13.6. The average Bonchev–Trinajstić information content (AvgIpc) is 3.72. The van der Waals surface area contributed by atoms with Crippen molar-refractivity contribution in [2.75, 3.05) is 0 Å². The molecule has 1 spiro atoms. The van der Waals surface area contributed by atoms with Crippen LogP contribution in [-0.2, 0) is 23.8 Å². The van der Waals surface area contributed by atoms with Gasteiger partial charge in [0.2, 0.25) is 0 Å². The molecule has 3 N–H and O–H groups in total. The Morgan fingerprint density at radius 1 is 1.06 bits per heavy atom. The Bertz CT molecular complexity index is 1130. The Kier molecular flexibility index (Phi) is 4.26. The molecule has 0 amide bonds. The molecule has 0 aromatic heterocycles. The van der Waals surface area contributed by atoms with Crippen molar-refractivity contribution in [2.24, 2.45) is 22.7 Å². The number of cyclic esters (lactones) is 1. The highest BCUT2D eigenvalue weighted by atomic mass is 16.6. The number of fused-ring (bicyclic) bond motifs is 5. The maximum atomic E-state index is 13.6. The number of carbonyl (C=O) groups excluding carboxylic acids is 2. The van der Waals surface area contributed by atoms with Gasteiger partial charge in [-0.25, -0.2) is 4.79 Å². The topological polar surface area (TPSA) is 129 Å². The highest BCUT2D eigenvalue weighted by Crippen LogP contribution is 2.76. The third-order valence-electron chi connectivity index (χ3n) is 12.7. The van der Waals surface area contributed by atoms with Gasteiger partial charge in [0.15, 0.2) is 5.78 Å². The van der Waals surface area contributed by atoms with Crippen molar-refractivity contribution >= 4 is 11.8 Å². The zero-order valence-corrected chi connectivity index (χ0v) is 21.8. The SMILES string of the molecule is CC1=C(C)C(=O)O[C@@H]([C@@](C)(O)[C@]2(O)CC[C@@]3(O)[C@@H]4C[C@H]5O[C@]56C[C@H]5O[C@H]5C(=O)[C@]6(C)[C@H]4CC[C@]23C)C1. The molecule has 2 saturated heterocycles. The first-order valence-corrected chi connectivity index (χ1v) is 13.6. The number of hydrogen-bond acceptors (Lipinski definition) is 8. The van der Waals surface area contributed by atoms with E-state index in [9.17, 15) is 24.9 Å². The number of aliphatic hydroxyl groups is 3. The summed E-state index contributed by atoms with van der Waals surface area (Å²) < 4.78 is 17.7. The minimum absolute atomic E-state index is 0.0323. The van der Waals surface area contributed by atoms with Gasteiger partial charge in [-0.2, -0.15) is 0 Å². The summed E-state index contributed by atoms with van der Waals surface area (Å²) in [5.41, 5.74) is -5.66. The molecule has 0 aromatic rings. The Labute approximate surface area is 211 Å². The molecule has 0 bridgehead atoms.